The van der Waals surface area contributed by atoms with Gasteiger partial charge in [-0.3, -0.25) is 4.79 Å². The molecule has 2 heterocycles. The Hall–Kier alpha value is -2.08. The summed E-state index contributed by atoms with van der Waals surface area (Å²) in [6.45, 7) is 4.11. The minimum atomic E-state index is 0.0398. The van der Waals surface area contributed by atoms with Gasteiger partial charge in [0.1, 0.15) is 0 Å². The summed E-state index contributed by atoms with van der Waals surface area (Å²) in [5.74, 6) is 1.27. The Kier molecular flexibility index (Phi) is 6.50. The third-order valence-electron chi connectivity index (χ3n) is 4.55. The van der Waals surface area contributed by atoms with Crippen LogP contribution in [0.1, 0.15) is 61.1 Å². The number of hydrogen-bond donors (Lipinski definition) is 1. The quantitative estimate of drug-likeness (QED) is 0.779. The summed E-state index contributed by atoms with van der Waals surface area (Å²) in [5.41, 5.74) is 1.32. The van der Waals surface area contributed by atoms with E-state index in [0.29, 0.717) is 28.7 Å². The molecule has 3 rings (SSSR count). The van der Waals surface area contributed by atoms with Crippen LogP contribution in [0.25, 0.3) is 0 Å². The van der Waals surface area contributed by atoms with E-state index in [9.17, 15) is 4.79 Å². The molecule has 2 aromatic rings. The molecule has 0 aliphatic carbocycles. The number of carbonyl (C=O) groups excluding carboxylic acids is 1. The molecule has 1 aromatic carbocycles. The largest absolute Gasteiger partial charge is 0.375 e. The Morgan fingerprint density at radius 1 is 1.31 bits per heavy atom. The molecule has 0 unspecified atom stereocenters. The molecule has 1 aliphatic rings. The Labute approximate surface area is 158 Å². The number of benzene rings is 1. The van der Waals surface area contributed by atoms with Crippen LogP contribution in [0.4, 0.5) is 5.69 Å². The Morgan fingerprint density at radius 3 is 2.88 bits per heavy atom. The van der Waals surface area contributed by atoms with E-state index in [2.05, 4.69) is 22.4 Å². The zero-order valence-corrected chi connectivity index (χ0v) is 15.9. The summed E-state index contributed by atoms with van der Waals surface area (Å²) < 4.78 is 5.28. The molecule has 6 nitrogen and oxygen atoms in total. The van der Waals surface area contributed by atoms with Gasteiger partial charge in [-0.2, -0.15) is 4.98 Å². The lowest BCUT2D eigenvalue weighted by Crippen LogP contribution is -2.36. The fourth-order valence-corrected chi connectivity index (χ4v) is 3.26. The highest BCUT2D eigenvalue weighted by Gasteiger charge is 2.21. The fourth-order valence-electron chi connectivity index (χ4n) is 3.09. The van der Waals surface area contributed by atoms with Crippen LogP contribution < -0.4 is 5.32 Å². The van der Waals surface area contributed by atoms with E-state index in [1.165, 1.54) is 6.42 Å². The van der Waals surface area contributed by atoms with Crippen molar-refractivity contribution in [2.24, 2.45) is 0 Å². The highest BCUT2D eigenvalue weighted by Crippen LogP contribution is 2.24. The van der Waals surface area contributed by atoms with Crippen LogP contribution in [0.2, 0.25) is 5.02 Å². The number of piperidine rings is 1. The standard InChI is InChI=1S/C19H25ClN4O2/c1-2-3-7-17-22-18(26-23-17)13-21-16-12-14(20)8-9-15(16)19(25)24-10-5-4-6-11-24/h8-9,12,21H,2-7,10-11,13H2,1H3. The van der Waals surface area contributed by atoms with Gasteiger partial charge in [0, 0.05) is 30.2 Å². The molecule has 0 spiro atoms. The molecule has 1 fully saturated rings. The number of hydrogen-bond acceptors (Lipinski definition) is 5. The predicted molar refractivity (Wildman–Crippen MR) is 101 cm³/mol. The van der Waals surface area contributed by atoms with Gasteiger partial charge in [-0.1, -0.05) is 30.1 Å². The van der Waals surface area contributed by atoms with Crippen molar-refractivity contribution < 1.29 is 9.32 Å². The minimum Gasteiger partial charge on any atom is -0.375 e. The van der Waals surface area contributed by atoms with Gasteiger partial charge in [-0.15, -0.1) is 0 Å². The van der Waals surface area contributed by atoms with Crippen molar-refractivity contribution >= 4 is 23.2 Å². The summed E-state index contributed by atoms with van der Waals surface area (Å²) in [4.78, 5) is 19.1. The van der Waals surface area contributed by atoms with Crippen LogP contribution >= 0.6 is 11.6 Å². The monoisotopic (exact) mass is 376 g/mol. The molecule has 1 amide bonds. The van der Waals surface area contributed by atoms with E-state index in [-0.39, 0.29) is 5.91 Å². The number of rotatable bonds is 7. The van der Waals surface area contributed by atoms with E-state index < -0.39 is 0 Å². The van der Waals surface area contributed by atoms with Gasteiger partial charge in [-0.05, 0) is 43.9 Å². The second-order valence-electron chi connectivity index (χ2n) is 6.60. The van der Waals surface area contributed by atoms with E-state index in [1.807, 2.05) is 4.90 Å². The van der Waals surface area contributed by atoms with Crippen LogP contribution in [-0.2, 0) is 13.0 Å². The van der Waals surface area contributed by atoms with Crippen LogP contribution in [0.3, 0.4) is 0 Å². The first-order chi connectivity index (χ1) is 12.7. The second kappa shape index (κ2) is 9.03. The predicted octanol–water partition coefficient (Wildman–Crippen LogP) is 4.30. The van der Waals surface area contributed by atoms with Gasteiger partial charge < -0.3 is 14.7 Å². The smallest absolute Gasteiger partial charge is 0.255 e. The van der Waals surface area contributed by atoms with Crippen molar-refractivity contribution in [3.8, 4) is 0 Å². The maximum absolute atomic E-state index is 12.9. The molecule has 1 saturated heterocycles. The lowest BCUT2D eigenvalue weighted by Gasteiger charge is -2.27. The van der Waals surface area contributed by atoms with E-state index in [4.69, 9.17) is 16.1 Å². The first kappa shape index (κ1) is 18.7. The lowest BCUT2D eigenvalue weighted by molar-refractivity contribution is 0.0725. The number of carbonyl (C=O) groups is 1. The van der Waals surface area contributed by atoms with Gasteiger partial charge in [0.25, 0.3) is 5.91 Å². The molecule has 7 heteroatoms. The maximum atomic E-state index is 12.9. The van der Waals surface area contributed by atoms with Gasteiger partial charge >= 0.3 is 0 Å². The zero-order valence-electron chi connectivity index (χ0n) is 15.1. The Balaban J connectivity index is 1.69. The van der Waals surface area contributed by atoms with E-state index >= 15 is 0 Å². The first-order valence-electron chi connectivity index (χ1n) is 9.31. The van der Waals surface area contributed by atoms with Crippen molar-refractivity contribution in [3.05, 3.63) is 40.5 Å². The average molecular weight is 377 g/mol. The average Bonchev–Trinajstić information content (AvgIpc) is 3.13. The van der Waals surface area contributed by atoms with Gasteiger partial charge in [0.15, 0.2) is 5.82 Å². The SMILES string of the molecule is CCCCc1noc(CNc2cc(Cl)ccc2C(=O)N2CCCCC2)n1. The number of aromatic nitrogens is 2. The molecule has 26 heavy (non-hydrogen) atoms. The second-order valence-corrected chi connectivity index (χ2v) is 7.04. The number of halogens is 1. The summed E-state index contributed by atoms with van der Waals surface area (Å²) in [6, 6.07) is 5.30. The number of unbranched alkanes of at least 4 members (excludes halogenated alkanes) is 1. The third-order valence-corrected chi connectivity index (χ3v) is 4.78. The molecule has 0 atom stereocenters. The van der Waals surface area contributed by atoms with Crippen molar-refractivity contribution in [1.29, 1.82) is 0 Å². The first-order valence-corrected chi connectivity index (χ1v) is 9.69. The minimum absolute atomic E-state index is 0.0398. The summed E-state index contributed by atoms with van der Waals surface area (Å²) >= 11 is 6.13. The van der Waals surface area contributed by atoms with E-state index in [1.54, 1.807) is 18.2 Å². The molecule has 1 aliphatic heterocycles. The Bertz CT molecular complexity index is 741. The zero-order chi connectivity index (χ0) is 18.4. The van der Waals surface area contributed by atoms with Crippen molar-refractivity contribution in [3.63, 3.8) is 0 Å². The molecule has 140 valence electrons. The van der Waals surface area contributed by atoms with Gasteiger partial charge in [-0.25, -0.2) is 0 Å². The van der Waals surface area contributed by atoms with Crippen LogP contribution in [0.5, 0.6) is 0 Å². The number of anilines is 1. The highest BCUT2D eigenvalue weighted by molar-refractivity contribution is 6.31. The fraction of sp³-hybridized carbons (Fsp3) is 0.526. The summed E-state index contributed by atoms with van der Waals surface area (Å²) in [6.07, 6.45) is 6.25. The number of nitrogens with one attached hydrogen (secondary N) is 1. The number of aryl methyl sites for hydroxylation is 1. The van der Waals surface area contributed by atoms with Crippen LogP contribution in [0.15, 0.2) is 22.7 Å². The molecule has 0 radical (unpaired) electrons. The van der Waals surface area contributed by atoms with Crippen LogP contribution in [-0.4, -0.2) is 34.0 Å². The summed E-state index contributed by atoms with van der Waals surface area (Å²) in [5, 5.41) is 7.80. The normalized spacial score (nSPS) is 14.5. The number of amides is 1. The highest BCUT2D eigenvalue weighted by atomic mass is 35.5. The lowest BCUT2D eigenvalue weighted by atomic mass is 10.1. The topological polar surface area (TPSA) is 71.3 Å². The molecule has 0 bridgehead atoms. The number of nitrogens with zero attached hydrogens (tertiary/aromatic N) is 3. The number of likely N-dealkylation sites (tertiary alicyclic amines) is 1. The molecule has 1 aromatic heterocycles. The van der Waals surface area contributed by atoms with Gasteiger partial charge in [0.2, 0.25) is 5.89 Å². The maximum Gasteiger partial charge on any atom is 0.255 e. The van der Waals surface area contributed by atoms with Gasteiger partial charge in [0.05, 0.1) is 12.1 Å². The Morgan fingerprint density at radius 2 is 2.12 bits per heavy atom. The van der Waals surface area contributed by atoms with Crippen molar-refractivity contribution in [2.75, 3.05) is 18.4 Å². The summed E-state index contributed by atoms with van der Waals surface area (Å²) in [7, 11) is 0. The third kappa shape index (κ3) is 4.75. The molecule has 1 N–H and O–H groups in total. The van der Waals surface area contributed by atoms with E-state index in [0.717, 1.165) is 51.0 Å². The van der Waals surface area contributed by atoms with Crippen LogP contribution in [0, 0.1) is 0 Å². The molecular weight excluding hydrogens is 352 g/mol. The molecule has 0 saturated carbocycles. The van der Waals surface area contributed by atoms with Crippen molar-refractivity contribution in [1.82, 2.24) is 15.0 Å². The molecular formula is C19H25ClN4O2. The van der Waals surface area contributed by atoms with Crippen molar-refractivity contribution in [2.45, 2.75) is 52.0 Å².